The van der Waals surface area contributed by atoms with Crippen molar-refractivity contribution in [1.29, 1.82) is 0 Å². The number of aromatic nitrogens is 1. The van der Waals surface area contributed by atoms with Gasteiger partial charge in [0.2, 0.25) is 0 Å². The number of nitrogens with one attached hydrogen (secondary N) is 1. The second kappa shape index (κ2) is 6.38. The highest BCUT2D eigenvalue weighted by molar-refractivity contribution is 7.22. The molecule has 5 heteroatoms. The van der Waals surface area contributed by atoms with Gasteiger partial charge in [0, 0.05) is 0 Å². The van der Waals surface area contributed by atoms with Crippen LogP contribution in [0.15, 0.2) is 36.4 Å². The number of benzene rings is 2. The molecule has 0 atom stereocenters. The lowest BCUT2D eigenvalue weighted by molar-refractivity contribution is -0.118. The van der Waals surface area contributed by atoms with Gasteiger partial charge in [-0.1, -0.05) is 35.6 Å². The van der Waals surface area contributed by atoms with Crippen molar-refractivity contribution in [3.8, 4) is 5.75 Å². The molecule has 0 saturated carbocycles. The number of thiazole rings is 1. The van der Waals surface area contributed by atoms with Crippen molar-refractivity contribution in [3.63, 3.8) is 0 Å². The lowest BCUT2D eigenvalue weighted by Crippen LogP contribution is -2.20. The summed E-state index contributed by atoms with van der Waals surface area (Å²) in [5.41, 5.74) is 4.13. The largest absolute Gasteiger partial charge is 0.483 e. The van der Waals surface area contributed by atoms with Crippen LogP contribution in [0, 0.1) is 20.8 Å². The molecule has 1 aromatic heterocycles. The normalized spacial score (nSPS) is 10.7. The Morgan fingerprint density at radius 1 is 1.13 bits per heavy atom. The number of para-hydroxylation sites is 1. The Kier molecular flexibility index (Phi) is 4.30. The maximum Gasteiger partial charge on any atom is 0.264 e. The average Bonchev–Trinajstić information content (AvgIpc) is 2.93. The van der Waals surface area contributed by atoms with Crippen molar-refractivity contribution in [1.82, 2.24) is 4.98 Å². The highest BCUT2D eigenvalue weighted by atomic mass is 32.1. The second-order valence-electron chi connectivity index (χ2n) is 5.48. The summed E-state index contributed by atoms with van der Waals surface area (Å²) in [5, 5.41) is 3.39. The van der Waals surface area contributed by atoms with Gasteiger partial charge in [0.1, 0.15) is 5.75 Å². The van der Waals surface area contributed by atoms with E-state index in [0.717, 1.165) is 32.7 Å². The van der Waals surface area contributed by atoms with Crippen LogP contribution < -0.4 is 10.1 Å². The van der Waals surface area contributed by atoms with Crippen molar-refractivity contribution in [2.45, 2.75) is 20.8 Å². The number of carbonyl (C=O) groups excluding carboxylic acids is 1. The summed E-state index contributed by atoms with van der Waals surface area (Å²) in [6.45, 7) is 5.99. The predicted molar refractivity (Wildman–Crippen MR) is 94.4 cm³/mol. The Morgan fingerprint density at radius 2 is 1.87 bits per heavy atom. The van der Waals surface area contributed by atoms with Crippen molar-refractivity contribution >= 4 is 32.6 Å². The van der Waals surface area contributed by atoms with E-state index in [0.29, 0.717) is 5.13 Å². The van der Waals surface area contributed by atoms with Crippen LogP contribution in [-0.4, -0.2) is 17.5 Å². The van der Waals surface area contributed by atoms with Gasteiger partial charge in [0.05, 0.1) is 10.2 Å². The summed E-state index contributed by atoms with van der Waals surface area (Å²) >= 11 is 1.46. The zero-order valence-corrected chi connectivity index (χ0v) is 14.2. The zero-order chi connectivity index (χ0) is 16.4. The fraction of sp³-hybridized carbons (Fsp3) is 0.222. The average molecular weight is 326 g/mol. The standard InChI is InChI=1S/C18H18N2O2S/c1-11-8-9-12(2)17(13(11)3)22-10-16(21)20-18-19-14-6-4-5-7-15(14)23-18/h4-9H,10H2,1-3H3,(H,19,20,21). The third-order valence-electron chi connectivity index (χ3n) is 3.76. The molecule has 0 aliphatic heterocycles. The van der Waals surface area contributed by atoms with Gasteiger partial charge in [-0.05, 0) is 49.6 Å². The fourth-order valence-corrected chi connectivity index (χ4v) is 3.25. The van der Waals surface area contributed by atoms with E-state index >= 15 is 0 Å². The van der Waals surface area contributed by atoms with E-state index in [4.69, 9.17) is 4.74 Å². The minimum absolute atomic E-state index is 0.0267. The molecule has 1 N–H and O–H groups in total. The van der Waals surface area contributed by atoms with Crippen LogP contribution in [0.25, 0.3) is 10.2 Å². The van der Waals surface area contributed by atoms with Crippen LogP contribution in [0.5, 0.6) is 5.75 Å². The van der Waals surface area contributed by atoms with Crippen molar-refractivity contribution in [2.75, 3.05) is 11.9 Å². The molecular weight excluding hydrogens is 308 g/mol. The maximum absolute atomic E-state index is 12.1. The first-order chi connectivity index (χ1) is 11.0. The van der Waals surface area contributed by atoms with Crippen LogP contribution in [0.4, 0.5) is 5.13 Å². The number of ether oxygens (including phenoxy) is 1. The van der Waals surface area contributed by atoms with Gasteiger partial charge < -0.3 is 4.74 Å². The van der Waals surface area contributed by atoms with Crippen LogP contribution in [0.1, 0.15) is 16.7 Å². The first-order valence-corrected chi connectivity index (χ1v) is 8.21. The van der Waals surface area contributed by atoms with Gasteiger partial charge in [-0.2, -0.15) is 0 Å². The van der Waals surface area contributed by atoms with E-state index in [9.17, 15) is 4.79 Å². The summed E-state index contributed by atoms with van der Waals surface area (Å²) in [6.07, 6.45) is 0. The monoisotopic (exact) mass is 326 g/mol. The lowest BCUT2D eigenvalue weighted by atomic mass is 10.1. The van der Waals surface area contributed by atoms with E-state index in [2.05, 4.69) is 16.4 Å². The molecule has 0 radical (unpaired) electrons. The second-order valence-corrected chi connectivity index (χ2v) is 6.51. The minimum Gasteiger partial charge on any atom is -0.483 e. The highest BCUT2D eigenvalue weighted by Crippen LogP contribution is 2.27. The Labute approximate surface area is 139 Å². The Balaban J connectivity index is 1.67. The summed E-state index contributed by atoms with van der Waals surface area (Å²) in [7, 11) is 0. The fourth-order valence-electron chi connectivity index (χ4n) is 2.37. The van der Waals surface area contributed by atoms with E-state index in [-0.39, 0.29) is 12.5 Å². The Hall–Kier alpha value is -2.40. The number of fused-ring (bicyclic) bond motifs is 1. The van der Waals surface area contributed by atoms with Gasteiger partial charge >= 0.3 is 0 Å². The van der Waals surface area contributed by atoms with Gasteiger partial charge in [-0.15, -0.1) is 0 Å². The molecule has 23 heavy (non-hydrogen) atoms. The molecule has 0 fully saturated rings. The van der Waals surface area contributed by atoms with Crippen LogP contribution >= 0.6 is 11.3 Å². The van der Waals surface area contributed by atoms with E-state index in [1.54, 1.807) is 0 Å². The molecule has 1 amide bonds. The number of hydrogen-bond acceptors (Lipinski definition) is 4. The van der Waals surface area contributed by atoms with E-state index in [1.807, 2.05) is 51.1 Å². The number of rotatable bonds is 4. The predicted octanol–water partition coefficient (Wildman–Crippen LogP) is 4.24. The molecule has 1 heterocycles. The molecule has 0 unspecified atom stereocenters. The van der Waals surface area contributed by atoms with Crippen molar-refractivity contribution in [2.24, 2.45) is 0 Å². The van der Waals surface area contributed by atoms with Gasteiger partial charge in [0.15, 0.2) is 11.7 Å². The maximum atomic E-state index is 12.1. The molecule has 0 spiro atoms. The molecule has 3 aromatic rings. The van der Waals surface area contributed by atoms with Crippen LogP contribution in [0.2, 0.25) is 0 Å². The van der Waals surface area contributed by atoms with Crippen LogP contribution in [0.3, 0.4) is 0 Å². The molecule has 2 aromatic carbocycles. The summed E-state index contributed by atoms with van der Waals surface area (Å²) < 4.78 is 6.77. The summed E-state index contributed by atoms with van der Waals surface area (Å²) in [5.74, 6) is 0.578. The minimum atomic E-state index is -0.204. The van der Waals surface area contributed by atoms with E-state index < -0.39 is 0 Å². The Bertz CT molecular complexity index is 838. The molecule has 0 saturated heterocycles. The molecule has 3 rings (SSSR count). The third kappa shape index (κ3) is 3.35. The number of hydrogen-bond donors (Lipinski definition) is 1. The molecule has 0 aliphatic rings. The SMILES string of the molecule is Cc1ccc(C)c(OCC(=O)Nc2nc3ccccc3s2)c1C. The topological polar surface area (TPSA) is 51.2 Å². The van der Waals surface area contributed by atoms with E-state index in [1.165, 1.54) is 11.3 Å². The summed E-state index contributed by atoms with van der Waals surface area (Å²) in [4.78, 5) is 16.5. The van der Waals surface area contributed by atoms with Crippen molar-refractivity contribution < 1.29 is 9.53 Å². The summed E-state index contributed by atoms with van der Waals surface area (Å²) in [6, 6.07) is 11.9. The molecule has 4 nitrogen and oxygen atoms in total. The van der Waals surface area contributed by atoms with Gasteiger partial charge in [0.25, 0.3) is 5.91 Å². The number of amides is 1. The smallest absolute Gasteiger partial charge is 0.264 e. The van der Waals surface area contributed by atoms with Crippen LogP contribution in [-0.2, 0) is 4.79 Å². The first kappa shape index (κ1) is 15.5. The highest BCUT2D eigenvalue weighted by Gasteiger charge is 2.11. The van der Waals surface area contributed by atoms with Gasteiger partial charge in [-0.25, -0.2) is 4.98 Å². The number of carbonyl (C=O) groups is 1. The number of nitrogens with zero attached hydrogens (tertiary/aromatic N) is 1. The van der Waals surface area contributed by atoms with Crippen molar-refractivity contribution in [3.05, 3.63) is 53.1 Å². The quantitative estimate of drug-likeness (QED) is 0.780. The molecule has 0 aliphatic carbocycles. The first-order valence-electron chi connectivity index (χ1n) is 7.39. The molecular formula is C18H18N2O2S. The molecule has 118 valence electrons. The zero-order valence-electron chi connectivity index (χ0n) is 13.3. The lowest BCUT2D eigenvalue weighted by Gasteiger charge is -2.13. The molecule has 0 bridgehead atoms. The Morgan fingerprint density at radius 3 is 2.65 bits per heavy atom. The van der Waals surface area contributed by atoms with Gasteiger partial charge in [-0.3, -0.25) is 10.1 Å². The number of anilines is 1. The third-order valence-corrected chi connectivity index (χ3v) is 4.71. The number of aryl methyl sites for hydroxylation is 2.